The summed E-state index contributed by atoms with van der Waals surface area (Å²) in [4.78, 5) is 32.1. The molecule has 3 rings (SSSR count). The normalized spacial score (nSPS) is 15.9. The van der Waals surface area contributed by atoms with Crippen LogP contribution < -0.4 is 20.7 Å². The number of pyridine rings is 2. The highest BCUT2D eigenvalue weighted by Gasteiger charge is 2.23. The molecule has 0 aliphatic carbocycles. The SMILES string of the molecule is O=C(CNc1cc(OCc2ccc(Cl)cn2)c(Cl)cn1)NC(=O)[C@@H]1CCCN1. The van der Waals surface area contributed by atoms with Crippen LogP contribution in [0.5, 0.6) is 5.75 Å². The first-order valence-electron chi connectivity index (χ1n) is 8.71. The van der Waals surface area contributed by atoms with Gasteiger partial charge in [-0.05, 0) is 31.5 Å². The van der Waals surface area contributed by atoms with Gasteiger partial charge in [0.25, 0.3) is 0 Å². The molecule has 3 N–H and O–H groups in total. The van der Waals surface area contributed by atoms with Gasteiger partial charge in [-0.1, -0.05) is 23.2 Å². The molecule has 0 unspecified atom stereocenters. The third-order valence-electron chi connectivity index (χ3n) is 4.05. The lowest BCUT2D eigenvalue weighted by molar-refractivity contribution is -0.130. The Kier molecular flexibility index (Phi) is 7.02. The Morgan fingerprint density at radius 1 is 1.25 bits per heavy atom. The van der Waals surface area contributed by atoms with Crippen LogP contribution in [0.1, 0.15) is 18.5 Å². The molecule has 2 aromatic heterocycles. The van der Waals surface area contributed by atoms with Crippen molar-refractivity contribution < 1.29 is 14.3 Å². The van der Waals surface area contributed by atoms with E-state index in [4.69, 9.17) is 27.9 Å². The predicted octanol–water partition coefficient (Wildman–Crippen LogP) is 2.17. The van der Waals surface area contributed by atoms with Gasteiger partial charge in [-0.2, -0.15) is 0 Å². The van der Waals surface area contributed by atoms with Crippen molar-refractivity contribution >= 4 is 40.8 Å². The number of imide groups is 1. The molecule has 148 valence electrons. The summed E-state index contributed by atoms with van der Waals surface area (Å²) in [5.74, 6) is 0.0312. The molecule has 0 radical (unpaired) electrons. The van der Waals surface area contributed by atoms with Crippen LogP contribution in [-0.4, -0.2) is 40.9 Å². The Balaban J connectivity index is 1.51. The van der Waals surface area contributed by atoms with E-state index in [0.29, 0.717) is 27.3 Å². The van der Waals surface area contributed by atoms with E-state index in [1.807, 2.05) is 0 Å². The molecule has 0 aromatic carbocycles. The molecule has 0 spiro atoms. The van der Waals surface area contributed by atoms with E-state index < -0.39 is 5.91 Å². The molecule has 1 atom stereocenters. The van der Waals surface area contributed by atoms with Gasteiger partial charge in [-0.25, -0.2) is 4.98 Å². The summed E-state index contributed by atoms with van der Waals surface area (Å²) in [6, 6.07) is 4.73. The van der Waals surface area contributed by atoms with Crippen LogP contribution in [0.2, 0.25) is 10.0 Å². The highest BCUT2D eigenvalue weighted by molar-refractivity contribution is 6.32. The molecule has 10 heteroatoms. The summed E-state index contributed by atoms with van der Waals surface area (Å²) >= 11 is 11.9. The number of rotatable bonds is 7. The molecule has 1 aliphatic heterocycles. The minimum atomic E-state index is -0.441. The summed E-state index contributed by atoms with van der Waals surface area (Å²) < 4.78 is 5.66. The van der Waals surface area contributed by atoms with Crippen molar-refractivity contribution in [3.63, 3.8) is 0 Å². The Morgan fingerprint density at radius 3 is 2.82 bits per heavy atom. The topological polar surface area (TPSA) is 105 Å². The molecule has 28 heavy (non-hydrogen) atoms. The van der Waals surface area contributed by atoms with Crippen LogP contribution in [0.4, 0.5) is 5.82 Å². The molecule has 2 amide bonds. The number of aromatic nitrogens is 2. The van der Waals surface area contributed by atoms with Gasteiger partial charge in [-0.3, -0.25) is 19.9 Å². The predicted molar refractivity (Wildman–Crippen MR) is 105 cm³/mol. The lowest BCUT2D eigenvalue weighted by atomic mass is 10.2. The molecular weight excluding hydrogens is 405 g/mol. The number of nitrogens with zero attached hydrogens (tertiary/aromatic N) is 2. The Morgan fingerprint density at radius 2 is 2.11 bits per heavy atom. The van der Waals surface area contributed by atoms with Crippen LogP contribution in [0, 0.1) is 0 Å². The maximum absolute atomic E-state index is 11.9. The van der Waals surface area contributed by atoms with Gasteiger partial charge in [-0.15, -0.1) is 0 Å². The quantitative estimate of drug-likeness (QED) is 0.626. The first-order chi connectivity index (χ1) is 13.5. The number of carbonyl (C=O) groups is 2. The average molecular weight is 424 g/mol. The van der Waals surface area contributed by atoms with Crippen molar-refractivity contribution in [2.45, 2.75) is 25.5 Å². The van der Waals surface area contributed by atoms with Crippen molar-refractivity contribution in [2.24, 2.45) is 0 Å². The highest BCUT2D eigenvalue weighted by Crippen LogP contribution is 2.26. The van der Waals surface area contributed by atoms with Crippen molar-refractivity contribution in [1.29, 1.82) is 0 Å². The Bertz CT molecular complexity index is 842. The summed E-state index contributed by atoms with van der Waals surface area (Å²) in [7, 11) is 0. The van der Waals surface area contributed by atoms with Gasteiger partial charge in [0.1, 0.15) is 23.2 Å². The molecule has 0 saturated carbocycles. The monoisotopic (exact) mass is 423 g/mol. The maximum Gasteiger partial charge on any atom is 0.245 e. The fourth-order valence-electron chi connectivity index (χ4n) is 2.62. The number of carbonyl (C=O) groups excluding carboxylic acids is 2. The molecule has 1 fully saturated rings. The number of nitrogens with one attached hydrogen (secondary N) is 3. The largest absolute Gasteiger partial charge is 0.486 e. The van der Waals surface area contributed by atoms with Crippen LogP contribution in [0.25, 0.3) is 0 Å². The second-order valence-electron chi connectivity index (χ2n) is 6.17. The number of amides is 2. The number of halogens is 2. The molecular formula is C18H19Cl2N5O3. The van der Waals surface area contributed by atoms with Crippen molar-refractivity contribution in [3.05, 3.63) is 46.3 Å². The van der Waals surface area contributed by atoms with Crippen LogP contribution in [-0.2, 0) is 16.2 Å². The molecule has 1 saturated heterocycles. The zero-order chi connectivity index (χ0) is 19.9. The standard InChI is InChI=1S/C18H19Cl2N5O3/c19-11-3-4-12(22-7-11)10-28-15-6-16(23-8-13(15)20)24-9-17(26)25-18(27)14-2-1-5-21-14/h3-4,6-8,14,21H,1-2,5,9-10H2,(H,23,24)(H,25,26,27)/t14-/m0/s1. The number of hydrogen-bond donors (Lipinski definition) is 3. The summed E-state index contributed by atoms with van der Waals surface area (Å²) in [5.41, 5.74) is 0.685. The first-order valence-corrected chi connectivity index (χ1v) is 9.46. The molecule has 2 aromatic rings. The minimum absolute atomic E-state index is 0.106. The van der Waals surface area contributed by atoms with E-state index in [2.05, 4.69) is 25.9 Å². The molecule has 1 aliphatic rings. The third kappa shape index (κ3) is 5.79. The van der Waals surface area contributed by atoms with E-state index in [0.717, 1.165) is 19.4 Å². The van der Waals surface area contributed by atoms with Crippen LogP contribution in [0.15, 0.2) is 30.6 Å². The summed E-state index contributed by atoms with van der Waals surface area (Å²) in [6.45, 7) is 0.878. The maximum atomic E-state index is 11.9. The number of hydrogen-bond acceptors (Lipinski definition) is 7. The first kappa shape index (κ1) is 20.3. The fraction of sp³-hybridized carbons (Fsp3) is 0.333. The lowest BCUT2D eigenvalue weighted by Crippen LogP contribution is -2.45. The van der Waals surface area contributed by atoms with E-state index >= 15 is 0 Å². The van der Waals surface area contributed by atoms with Gasteiger partial charge in [0.05, 0.1) is 29.5 Å². The third-order valence-corrected chi connectivity index (χ3v) is 4.56. The van der Waals surface area contributed by atoms with Gasteiger partial charge in [0.15, 0.2) is 0 Å². The van der Waals surface area contributed by atoms with Gasteiger partial charge >= 0.3 is 0 Å². The van der Waals surface area contributed by atoms with Gasteiger partial charge in [0, 0.05) is 12.3 Å². The Labute approximate surface area is 172 Å². The molecule has 8 nitrogen and oxygen atoms in total. The van der Waals surface area contributed by atoms with E-state index in [-0.39, 0.29) is 25.1 Å². The summed E-state index contributed by atoms with van der Waals surface area (Å²) in [6.07, 6.45) is 4.60. The average Bonchev–Trinajstić information content (AvgIpc) is 3.22. The highest BCUT2D eigenvalue weighted by atomic mass is 35.5. The van der Waals surface area contributed by atoms with Crippen molar-refractivity contribution in [1.82, 2.24) is 20.6 Å². The zero-order valence-corrected chi connectivity index (χ0v) is 16.4. The van der Waals surface area contributed by atoms with E-state index in [9.17, 15) is 9.59 Å². The molecule has 0 bridgehead atoms. The smallest absolute Gasteiger partial charge is 0.245 e. The second-order valence-corrected chi connectivity index (χ2v) is 7.01. The molecule has 3 heterocycles. The van der Waals surface area contributed by atoms with Gasteiger partial charge < -0.3 is 15.4 Å². The fourth-order valence-corrected chi connectivity index (χ4v) is 2.89. The van der Waals surface area contributed by atoms with E-state index in [1.165, 1.54) is 12.4 Å². The van der Waals surface area contributed by atoms with E-state index in [1.54, 1.807) is 18.2 Å². The van der Waals surface area contributed by atoms with Crippen molar-refractivity contribution in [2.75, 3.05) is 18.4 Å². The van der Waals surface area contributed by atoms with Crippen molar-refractivity contribution in [3.8, 4) is 5.75 Å². The zero-order valence-electron chi connectivity index (χ0n) is 14.9. The number of ether oxygens (including phenoxy) is 1. The Hall–Kier alpha value is -2.42. The summed E-state index contributed by atoms with van der Waals surface area (Å²) in [5, 5.41) is 9.11. The minimum Gasteiger partial charge on any atom is -0.486 e. The van der Waals surface area contributed by atoms with Gasteiger partial charge in [0.2, 0.25) is 11.8 Å². The number of anilines is 1. The lowest BCUT2D eigenvalue weighted by Gasteiger charge is -2.12. The van der Waals surface area contributed by atoms with Crippen LogP contribution in [0.3, 0.4) is 0 Å². The second kappa shape index (κ2) is 9.68. The van der Waals surface area contributed by atoms with Crippen LogP contribution >= 0.6 is 23.2 Å².